The Morgan fingerprint density at radius 1 is 1.38 bits per heavy atom. The van der Waals surface area contributed by atoms with Gasteiger partial charge in [0, 0.05) is 11.0 Å². The molecule has 1 heterocycles. The highest BCUT2D eigenvalue weighted by molar-refractivity contribution is 5.88. The van der Waals surface area contributed by atoms with E-state index in [1.807, 2.05) is 25.1 Å². The van der Waals surface area contributed by atoms with Gasteiger partial charge in [0.15, 0.2) is 0 Å². The molecule has 0 N–H and O–H groups in total. The van der Waals surface area contributed by atoms with E-state index in [4.69, 9.17) is 5.26 Å². The summed E-state index contributed by atoms with van der Waals surface area (Å²) >= 11 is 0. The molecule has 0 spiro atoms. The second-order valence-corrected chi connectivity index (χ2v) is 5.41. The van der Waals surface area contributed by atoms with Crippen molar-refractivity contribution in [3.8, 4) is 6.07 Å². The lowest BCUT2D eigenvalue weighted by atomic mass is 10.0. The molecule has 1 aromatic carbocycles. The van der Waals surface area contributed by atoms with Crippen LogP contribution in [0.3, 0.4) is 0 Å². The van der Waals surface area contributed by atoms with Crippen molar-refractivity contribution in [2.45, 2.75) is 20.3 Å². The third-order valence-electron chi connectivity index (χ3n) is 3.73. The molecule has 3 nitrogen and oxygen atoms in total. The SMILES string of the molecule is C=C=C=C(C=C(CC=C)C(=C)C#N)n1nc(C)c2c(C)cccc21. The van der Waals surface area contributed by atoms with E-state index in [1.165, 1.54) is 0 Å². The Kier molecular flexibility index (Phi) is 5.20. The number of aromatic nitrogens is 2. The molecule has 3 heteroatoms. The largest absolute Gasteiger partial charge is 0.224 e. The average molecular weight is 313 g/mol. The summed E-state index contributed by atoms with van der Waals surface area (Å²) < 4.78 is 1.80. The lowest BCUT2D eigenvalue weighted by Gasteiger charge is -2.06. The number of nitrogens with zero attached hydrogens (tertiary/aromatic N) is 3. The number of fused-ring (bicyclic) bond motifs is 1. The van der Waals surface area contributed by atoms with Crippen LogP contribution in [0.4, 0.5) is 0 Å². The number of nitriles is 1. The van der Waals surface area contributed by atoms with Crippen molar-refractivity contribution < 1.29 is 0 Å². The molecule has 0 saturated heterocycles. The summed E-state index contributed by atoms with van der Waals surface area (Å²) in [6.45, 7) is 15.2. The highest BCUT2D eigenvalue weighted by Crippen LogP contribution is 2.26. The summed E-state index contributed by atoms with van der Waals surface area (Å²) in [6, 6.07) is 8.14. The molecule has 0 fully saturated rings. The van der Waals surface area contributed by atoms with Crippen LogP contribution in [0.1, 0.15) is 17.7 Å². The number of rotatable bonds is 5. The minimum absolute atomic E-state index is 0.391. The van der Waals surface area contributed by atoms with Gasteiger partial charge in [0.05, 0.1) is 17.3 Å². The maximum Gasteiger partial charge on any atom is 0.116 e. The zero-order valence-electron chi connectivity index (χ0n) is 14.1. The van der Waals surface area contributed by atoms with E-state index < -0.39 is 0 Å². The molecule has 2 rings (SSSR count). The van der Waals surface area contributed by atoms with E-state index in [9.17, 15) is 0 Å². The van der Waals surface area contributed by atoms with E-state index in [2.05, 4.69) is 55.4 Å². The van der Waals surface area contributed by atoms with Crippen LogP contribution in [0.2, 0.25) is 0 Å². The van der Waals surface area contributed by atoms with Crippen LogP contribution < -0.4 is 0 Å². The summed E-state index contributed by atoms with van der Waals surface area (Å²) in [5, 5.41) is 14.9. The minimum atomic E-state index is 0.391. The Bertz CT molecular complexity index is 980. The first-order valence-electron chi connectivity index (χ1n) is 7.54. The molecule has 118 valence electrons. The normalized spacial score (nSPS) is 10.6. The standard InChI is InChI=1S/C21H19N3/c1-6-9-18(16(4)14-22)13-19(10-7-2)24-20-12-8-11-15(3)21(20)17(5)23-24/h6,8,11-13H,1-2,4,9H2,3,5H3. The van der Waals surface area contributed by atoms with E-state index >= 15 is 0 Å². The van der Waals surface area contributed by atoms with Gasteiger partial charge < -0.3 is 0 Å². The fourth-order valence-corrected chi connectivity index (χ4v) is 2.64. The first kappa shape index (κ1) is 17.1. The maximum atomic E-state index is 9.15. The molecular weight excluding hydrogens is 294 g/mol. The highest BCUT2D eigenvalue weighted by atomic mass is 15.3. The smallest absolute Gasteiger partial charge is 0.116 e. The number of benzene rings is 1. The topological polar surface area (TPSA) is 41.6 Å². The van der Waals surface area contributed by atoms with Crippen molar-refractivity contribution in [1.29, 1.82) is 5.26 Å². The molecule has 0 bridgehead atoms. The van der Waals surface area contributed by atoms with Gasteiger partial charge >= 0.3 is 0 Å². The molecule has 0 amide bonds. The molecule has 1 aromatic heterocycles. The van der Waals surface area contributed by atoms with Crippen LogP contribution in [0.25, 0.3) is 16.6 Å². The highest BCUT2D eigenvalue weighted by Gasteiger charge is 2.12. The number of allylic oxidation sites excluding steroid dienone is 5. The van der Waals surface area contributed by atoms with Gasteiger partial charge in [0.25, 0.3) is 0 Å². The van der Waals surface area contributed by atoms with E-state index in [0.717, 1.165) is 27.7 Å². The maximum absolute atomic E-state index is 9.15. The molecule has 2 aromatic rings. The number of hydrogen-bond donors (Lipinski definition) is 0. The summed E-state index contributed by atoms with van der Waals surface area (Å²) in [7, 11) is 0. The number of hydrogen-bond acceptors (Lipinski definition) is 2. The molecule has 0 aliphatic heterocycles. The van der Waals surface area contributed by atoms with Crippen molar-refractivity contribution in [1.82, 2.24) is 9.78 Å². The lowest BCUT2D eigenvalue weighted by Crippen LogP contribution is -1.98. The zero-order chi connectivity index (χ0) is 17.7. The van der Waals surface area contributed by atoms with Crippen LogP contribution in [0, 0.1) is 25.2 Å². The van der Waals surface area contributed by atoms with E-state index in [-0.39, 0.29) is 0 Å². The van der Waals surface area contributed by atoms with Gasteiger partial charge in [-0.1, -0.05) is 30.5 Å². The van der Waals surface area contributed by atoms with Crippen LogP contribution in [-0.4, -0.2) is 9.78 Å². The third kappa shape index (κ3) is 3.21. The summed E-state index contributed by atoms with van der Waals surface area (Å²) in [5.41, 5.74) is 10.5. The van der Waals surface area contributed by atoms with Gasteiger partial charge in [-0.2, -0.15) is 10.4 Å². The van der Waals surface area contributed by atoms with Crippen LogP contribution in [0.15, 0.2) is 72.7 Å². The first-order chi connectivity index (χ1) is 11.5. The molecule has 0 aliphatic rings. The average Bonchev–Trinajstić information content (AvgIpc) is 2.91. The van der Waals surface area contributed by atoms with Crippen molar-refractivity contribution in [3.05, 3.63) is 84.0 Å². The van der Waals surface area contributed by atoms with E-state index in [0.29, 0.717) is 17.7 Å². The van der Waals surface area contributed by atoms with Crippen molar-refractivity contribution in [3.63, 3.8) is 0 Å². The molecule has 0 aliphatic carbocycles. The molecule has 0 unspecified atom stereocenters. The Morgan fingerprint density at radius 3 is 2.75 bits per heavy atom. The van der Waals surface area contributed by atoms with Gasteiger partial charge in [0.1, 0.15) is 5.70 Å². The van der Waals surface area contributed by atoms with Gasteiger partial charge in [0.2, 0.25) is 0 Å². The second-order valence-electron chi connectivity index (χ2n) is 5.41. The first-order valence-corrected chi connectivity index (χ1v) is 7.54. The fraction of sp³-hybridized carbons (Fsp3) is 0.143. The van der Waals surface area contributed by atoms with Crippen molar-refractivity contribution in [2.24, 2.45) is 0 Å². The van der Waals surface area contributed by atoms with Crippen molar-refractivity contribution >= 4 is 16.6 Å². The molecule has 24 heavy (non-hydrogen) atoms. The molecule has 0 radical (unpaired) electrons. The Morgan fingerprint density at radius 2 is 2.12 bits per heavy atom. The summed E-state index contributed by atoms with van der Waals surface area (Å²) in [6.07, 6.45) is 4.10. The van der Waals surface area contributed by atoms with Crippen LogP contribution >= 0.6 is 0 Å². The van der Waals surface area contributed by atoms with Crippen LogP contribution in [-0.2, 0) is 0 Å². The summed E-state index contributed by atoms with van der Waals surface area (Å²) in [4.78, 5) is 0. The zero-order valence-corrected chi connectivity index (χ0v) is 14.1. The Balaban J connectivity index is 2.75. The Hall–Kier alpha value is -3.30. The van der Waals surface area contributed by atoms with E-state index in [1.54, 1.807) is 10.8 Å². The van der Waals surface area contributed by atoms with Gasteiger partial charge in [-0.05, 0) is 55.9 Å². The second kappa shape index (κ2) is 7.31. The third-order valence-corrected chi connectivity index (χ3v) is 3.73. The molecular formula is C21H19N3. The molecule has 0 saturated carbocycles. The van der Waals surface area contributed by atoms with Crippen molar-refractivity contribution in [2.75, 3.05) is 0 Å². The van der Waals surface area contributed by atoms with Crippen LogP contribution in [0.5, 0.6) is 0 Å². The predicted octanol–water partition coefficient (Wildman–Crippen LogP) is 5.02. The Labute approximate surface area is 142 Å². The fourth-order valence-electron chi connectivity index (χ4n) is 2.64. The lowest BCUT2D eigenvalue weighted by molar-refractivity contribution is 0.915. The number of aryl methyl sites for hydroxylation is 2. The minimum Gasteiger partial charge on any atom is -0.224 e. The van der Waals surface area contributed by atoms with Gasteiger partial charge in [-0.3, -0.25) is 0 Å². The summed E-state index contributed by atoms with van der Waals surface area (Å²) in [5.74, 6) is 0. The molecule has 0 atom stereocenters. The van der Waals surface area contributed by atoms with Gasteiger partial charge in [-0.15, -0.1) is 6.58 Å². The predicted molar refractivity (Wildman–Crippen MR) is 99.2 cm³/mol. The van der Waals surface area contributed by atoms with Gasteiger partial charge in [-0.25, -0.2) is 4.68 Å². The quantitative estimate of drug-likeness (QED) is 0.337. The monoisotopic (exact) mass is 313 g/mol.